The molecule has 0 saturated carbocycles. The standard InChI is InChI=1S/C34H20N8/c1-2-11-22(12-3-1)38-21-39(28-18-9-8-17-27(28)38)29-19-10-20-30-31(29)37-34-41-26-16-7-5-14-24(26)35-32(41)40-25-15-6-4-13-23(25)36-33(40)42(30)34/h1-20H. The lowest BCUT2D eigenvalue weighted by molar-refractivity contribution is -0.571. The molecule has 8 heteroatoms. The van der Waals surface area contributed by atoms with E-state index in [0.29, 0.717) is 0 Å². The molecule has 5 aromatic heterocycles. The van der Waals surface area contributed by atoms with Gasteiger partial charge in [0.05, 0.1) is 50.0 Å². The zero-order valence-corrected chi connectivity index (χ0v) is 22.1. The molecule has 0 atom stereocenters. The van der Waals surface area contributed by atoms with Crippen LogP contribution in [0.1, 0.15) is 0 Å². The van der Waals surface area contributed by atoms with Gasteiger partial charge in [-0.25, -0.2) is 28.2 Å². The molecule has 5 heterocycles. The van der Waals surface area contributed by atoms with E-state index in [0.717, 1.165) is 72.8 Å². The van der Waals surface area contributed by atoms with E-state index >= 15 is 0 Å². The van der Waals surface area contributed by atoms with Crippen molar-refractivity contribution < 1.29 is 4.57 Å². The molecule has 0 N–H and O–H groups in total. The fourth-order valence-corrected chi connectivity index (χ4v) is 6.33. The Labute approximate surface area is 237 Å². The van der Waals surface area contributed by atoms with Gasteiger partial charge in [-0.15, -0.1) is 0 Å². The van der Waals surface area contributed by atoms with Crippen LogP contribution in [0.4, 0.5) is 0 Å². The van der Waals surface area contributed by atoms with Gasteiger partial charge >= 0.3 is 0 Å². The molecule has 0 radical (unpaired) electrons. The number of para-hydroxylation sites is 8. The van der Waals surface area contributed by atoms with Crippen LogP contribution in [0, 0.1) is 6.33 Å². The van der Waals surface area contributed by atoms with Gasteiger partial charge in [-0.05, 0) is 48.5 Å². The lowest BCUT2D eigenvalue weighted by atomic mass is 10.2. The topological polar surface area (TPSA) is 60.7 Å². The average Bonchev–Trinajstić information content (AvgIpc) is 3.81. The predicted molar refractivity (Wildman–Crippen MR) is 162 cm³/mol. The third-order valence-corrected chi connectivity index (χ3v) is 8.15. The maximum atomic E-state index is 5.33. The summed E-state index contributed by atoms with van der Waals surface area (Å²) in [5, 5.41) is 0. The van der Waals surface area contributed by atoms with Crippen molar-refractivity contribution in [3.05, 3.63) is 128 Å². The smallest absolute Gasteiger partial charge is 0.269 e. The number of nitrogens with zero attached hydrogens (tertiary/aromatic N) is 8. The van der Waals surface area contributed by atoms with Crippen molar-refractivity contribution in [3.63, 3.8) is 0 Å². The first-order chi connectivity index (χ1) is 20.8. The lowest BCUT2D eigenvalue weighted by Gasteiger charge is -2.06. The number of imidazole rings is 4. The highest BCUT2D eigenvalue weighted by atomic mass is 15.3. The number of benzene rings is 5. The second-order valence-corrected chi connectivity index (χ2v) is 10.5. The van der Waals surface area contributed by atoms with E-state index in [2.05, 4.69) is 95.4 Å². The molecule has 10 rings (SSSR count). The predicted octanol–water partition coefficient (Wildman–Crippen LogP) is 6.11. The summed E-state index contributed by atoms with van der Waals surface area (Å²) >= 11 is 0. The highest BCUT2D eigenvalue weighted by Crippen LogP contribution is 2.30. The summed E-state index contributed by atoms with van der Waals surface area (Å²) < 4.78 is 10.6. The van der Waals surface area contributed by atoms with Crippen molar-refractivity contribution in [2.75, 3.05) is 0 Å². The van der Waals surface area contributed by atoms with Crippen LogP contribution in [0.15, 0.2) is 121 Å². The van der Waals surface area contributed by atoms with E-state index in [4.69, 9.17) is 15.0 Å². The zero-order chi connectivity index (χ0) is 27.4. The molecule has 0 unspecified atom stereocenters. The number of hydrogen-bond acceptors (Lipinski definition) is 3. The average molecular weight is 541 g/mol. The molecule has 0 aliphatic rings. The second kappa shape index (κ2) is 7.80. The Morgan fingerprint density at radius 1 is 0.476 bits per heavy atom. The van der Waals surface area contributed by atoms with Gasteiger partial charge in [0.1, 0.15) is 5.52 Å². The molecule has 0 amide bonds. The number of hydrogen-bond donors (Lipinski definition) is 0. The summed E-state index contributed by atoms with van der Waals surface area (Å²) in [6, 6.07) is 41.4. The van der Waals surface area contributed by atoms with E-state index in [1.807, 2.05) is 54.6 Å². The quantitative estimate of drug-likeness (QED) is 0.196. The molecule has 0 saturated heterocycles. The van der Waals surface area contributed by atoms with Gasteiger partial charge in [-0.1, -0.05) is 72.8 Å². The minimum Gasteiger partial charge on any atom is -0.292 e. The van der Waals surface area contributed by atoms with E-state index in [9.17, 15) is 0 Å². The van der Waals surface area contributed by atoms with Gasteiger partial charge in [-0.3, -0.25) is 9.13 Å². The zero-order valence-electron chi connectivity index (χ0n) is 22.1. The summed E-state index contributed by atoms with van der Waals surface area (Å²) in [5.41, 5.74) is 9.72. The Bertz CT molecular complexity index is 2680. The van der Waals surface area contributed by atoms with E-state index < -0.39 is 0 Å². The first-order valence-electron chi connectivity index (χ1n) is 13.8. The summed E-state index contributed by atoms with van der Waals surface area (Å²) in [6.45, 7) is 0. The number of fused-ring (bicyclic) bond motifs is 13. The van der Waals surface area contributed by atoms with E-state index in [-0.39, 0.29) is 0 Å². The SMILES string of the molecule is [c-]1n(-c2ccccc2)c2ccccc2[n+]1-c1cccc2c1nc1n3c4ccccc4nc3n3c4ccccc4nc3n21. The fraction of sp³-hybridized carbons (Fsp3) is 0. The van der Waals surface area contributed by atoms with Crippen LogP contribution in [-0.4, -0.2) is 32.7 Å². The summed E-state index contributed by atoms with van der Waals surface area (Å²) in [6.07, 6.45) is 3.62. The highest BCUT2D eigenvalue weighted by molar-refractivity contribution is 5.93. The minimum absolute atomic E-state index is 0.761. The molecule has 10 aromatic rings. The minimum atomic E-state index is 0.761. The maximum Gasteiger partial charge on any atom is 0.269 e. The van der Waals surface area contributed by atoms with Crippen LogP contribution in [0.5, 0.6) is 0 Å². The fourth-order valence-electron chi connectivity index (χ4n) is 6.33. The van der Waals surface area contributed by atoms with E-state index in [1.165, 1.54) is 0 Å². The molecule has 42 heavy (non-hydrogen) atoms. The summed E-state index contributed by atoms with van der Waals surface area (Å²) in [4.78, 5) is 15.5. The van der Waals surface area contributed by atoms with Crippen molar-refractivity contribution in [2.45, 2.75) is 0 Å². The monoisotopic (exact) mass is 540 g/mol. The van der Waals surface area contributed by atoms with Crippen LogP contribution >= 0.6 is 0 Å². The number of rotatable bonds is 2. The molecule has 0 spiro atoms. The molecule has 0 bridgehead atoms. The summed E-state index contributed by atoms with van der Waals surface area (Å²) in [5.74, 6) is 2.31. The lowest BCUT2D eigenvalue weighted by Crippen LogP contribution is -2.29. The Morgan fingerprint density at radius 2 is 1.02 bits per heavy atom. The van der Waals surface area contributed by atoms with Crippen molar-refractivity contribution in [2.24, 2.45) is 0 Å². The molecule has 196 valence electrons. The molecule has 0 aliphatic heterocycles. The molecule has 8 nitrogen and oxygen atoms in total. The van der Waals surface area contributed by atoms with Crippen molar-refractivity contribution >= 4 is 61.5 Å². The number of aromatic nitrogens is 8. The first kappa shape index (κ1) is 21.8. The van der Waals surface area contributed by atoms with Gasteiger partial charge in [-0.2, -0.15) is 0 Å². The van der Waals surface area contributed by atoms with Gasteiger partial charge in [0.2, 0.25) is 17.3 Å². The Balaban J connectivity index is 1.39. The van der Waals surface area contributed by atoms with Crippen LogP contribution in [0.3, 0.4) is 0 Å². The van der Waals surface area contributed by atoms with E-state index in [1.54, 1.807) is 0 Å². The van der Waals surface area contributed by atoms with Crippen LogP contribution in [0.25, 0.3) is 72.8 Å². The molecule has 0 fully saturated rings. The van der Waals surface area contributed by atoms with Gasteiger partial charge in [0, 0.05) is 0 Å². The van der Waals surface area contributed by atoms with Gasteiger partial charge in [0.25, 0.3) is 6.33 Å². The Hall–Kier alpha value is -6.02. The van der Waals surface area contributed by atoms with Crippen molar-refractivity contribution in [1.29, 1.82) is 0 Å². The van der Waals surface area contributed by atoms with Gasteiger partial charge in [0.15, 0.2) is 0 Å². The third-order valence-electron chi connectivity index (χ3n) is 8.15. The van der Waals surface area contributed by atoms with Crippen molar-refractivity contribution in [1.82, 2.24) is 32.7 Å². The molecular formula is C34H20N8. The Kier molecular flexibility index (Phi) is 4.04. The second-order valence-electron chi connectivity index (χ2n) is 10.5. The van der Waals surface area contributed by atoms with Crippen molar-refractivity contribution in [3.8, 4) is 11.4 Å². The normalized spacial score (nSPS) is 12.3. The highest BCUT2D eigenvalue weighted by Gasteiger charge is 2.22. The molecule has 0 aliphatic carbocycles. The largest absolute Gasteiger partial charge is 0.292 e. The van der Waals surface area contributed by atoms with Crippen LogP contribution in [0.2, 0.25) is 0 Å². The third kappa shape index (κ3) is 2.70. The molecule has 5 aromatic carbocycles. The molecular weight excluding hydrogens is 520 g/mol. The summed E-state index contributed by atoms with van der Waals surface area (Å²) in [7, 11) is 0. The first-order valence-corrected chi connectivity index (χ1v) is 13.8. The van der Waals surface area contributed by atoms with Crippen LogP contribution in [-0.2, 0) is 0 Å². The maximum absolute atomic E-state index is 5.33. The Morgan fingerprint density at radius 3 is 1.74 bits per heavy atom. The van der Waals surface area contributed by atoms with Gasteiger partial charge < -0.3 is 0 Å². The van der Waals surface area contributed by atoms with Crippen LogP contribution < -0.4 is 4.57 Å².